The number of ether oxygens (including phenoxy) is 1. The van der Waals surface area contributed by atoms with Gasteiger partial charge in [-0.15, -0.1) is 0 Å². The molecule has 1 atom stereocenters. The number of amides is 1. The van der Waals surface area contributed by atoms with Crippen LogP contribution in [-0.4, -0.2) is 45.5 Å². The zero-order chi connectivity index (χ0) is 21.0. The highest BCUT2D eigenvalue weighted by molar-refractivity contribution is 5.94. The number of hydrogen-bond donors (Lipinski definition) is 0. The highest BCUT2D eigenvalue weighted by Gasteiger charge is 2.20. The third-order valence-electron chi connectivity index (χ3n) is 5.06. The Morgan fingerprint density at radius 1 is 1.17 bits per heavy atom. The lowest BCUT2D eigenvalue weighted by Gasteiger charge is -2.26. The molecule has 0 aliphatic rings. The summed E-state index contributed by atoms with van der Waals surface area (Å²) in [6, 6.07) is 12.9. The van der Waals surface area contributed by atoms with Gasteiger partial charge in [0.2, 0.25) is 5.91 Å². The molecule has 1 amide bonds. The Bertz CT molecular complexity index is 997. The van der Waals surface area contributed by atoms with Crippen LogP contribution in [0.15, 0.2) is 55.1 Å². The Balaban J connectivity index is 1.74. The molecule has 3 aromatic rings. The van der Waals surface area contributed by atoms with Crippen LogP contribution in [-0.2, 0) is 11.2 Å². The van der Waals surface area contributed by atoms with E-state index in [2.05, 4.69) is 10.1 Å². The summed E-state index contributed by atoms with van der Waals surface area (Å²) in [4.78, 5) is 30.2. The molecular weight excluding hydrogens is 368 g/mol. The van der Waals surface area contributed by atoms with Crippen LogP contribution in [0, 0.1) is 0 Å². The van der Waals surface area contributed by atoms with E-state index in [0.29, 0.717) is 16.9 Å². The normalized spacial score (nSPS) is 11.7. The van der Waals surface area contributed by atoms with E-state index in [1.54, 1.807) is 48.3 Å². The first kappa shape index (κ1) is 20.3. The summed E-state index contributed by atoms with van der Waals surface area (Å²) in [6.07, 6.45) is 3.27. The number of nitrogens with zero attached hydrogens (tertiary/aromatic N) is 4. The average Bonchev–Trinajstić information content (AvgIpc) is 3.27. The zero-order valence-electron chi connectivity index (χ0n) is 17.0. The average molecular weight is 392 g/mol. The van der Waals surface area contributed by atoms with Gasteiger partial charge in [0, 0.05) is 18.2 Å². The van der Waals surface area contributed by atoms with E-state index in [4.69, 9.17) is 4.74 Å². The van der Waals surface area contributed by atoms with Crippen molar-refractivity contribution in [1.29, 1.82) is 0 Å². The van der Waals surface area contributed by atoms with Gasteiger partial charge in [-0.25, -0.2) is 9.67 Å². The second-order valence-corrected chi connectivity index (χ2v) is 6.87. The molecule has 0 radical (unpaired) electrons. The van der Waals surface area contributed by atoms with Gasteiger partial charge < -0.3 is 9.64 Å². The summed E-state index contributed by atoms with van der Waals surface area (Å²) in [7, 11) is 3.33. The van der Waals surface area contributed by atoms with Crippen molar-refractivity contribution in [3.05, 3.63) is 71.8 Å². The predicted molar refractivity (Wildman–Crippen MR) is 109 cm³/mol. The standard InChI is InChI=1S/C22H24N4O3/c1-15(17-5-8-20(9-6-17)26-14-23-13-24-26)25(3)22(28)12-19-11-18(16(2)27)7-10-21(19)29-4/h5-11,13-15H,12H2,1-4H3/t15-/m0/s1. The number of carbonyl (C=O) groups excluding carboxylic acids is 2. The molecule has 7 heteroatoms. The minimum absolute atomic E-state index is 0.0458. The molecule has 0 fully saturated rings. The molecule has 0 spiro atoms. The summed E-state index contributed by atoms with van der Waals surface area (Å²) in [5.74, 6) is 0.494. The van der Waals surface area contributed by atoms with Gasteiger partial charge in [0.15, 0.2) is 5.78 Å². The number of methoxy groups -OCH3 is 1. The van der Waals surface area contributed by atoms with Crippen LogP contribution in [0.2, 0.25) is 0 Å². The molecule has 150 valence electrons. The highest BCUT2D eigenvalue weighted by atomic mass is 16.5. The van der Waals surface area contributed by atoms with Gasteiger partial charge in [0.1, 0.15) is 18.4 Å². The molecule has 29 heavy (non-hydrogen) atoms. The first-order valence-electron chi connectivity index (χ1n) is 9.29. The van der Waals surface area contributed by atoms with E-state index < -0.39 is 0 Å². The van der Waals surface area contributed by atoms with Crippen LogP contribution in [0.4, 0.5) is 0 Å². The molecule has 3 rings (SSSR count). The maximum absolute atomic E-state index is 12.9. The molecule has 0 saturated carbocycles. The quantitative estimate of drug-likeness (QED) is 0.577. The second kappa shape index (κ2) is 8.68. The third-order valence-corrected chi connectivity index (χ3v) is 5.06. The topological polar surface area (TPSA) is 77.3 Å². The molecule has 0 N–H and O–H groups in total. The van der Waals surface area contributed by atoms with Crippen LogP contribution in [0.1, 0.15) is 41.4 Å². The zero-order valence-corrected chi connectivity index (χ0v) is 17.0. The van der Waals surface area contributed by atoms with Crippen LogP contribution in [0.3, 0.4) is 0 Å². The number of carbonyl (C=O) groups is 2. The molecule has 1 heterocycles. The molecule has 0 saturated heterocycles. The van der Waals surface area contributed by atoms with E-state index in [1.807, 2.05) is 31.2 Å². The Kier molecular flexibility index (Phi) is 6.07. The fourth-order valence-electron chi connectivity index (χ4n) is 3.11. The number of ketones is 1. The maximum atomic E-state index is 12.9. The van der Waals surface area contributed by atoms with Crippen molar-refractivity contribution in [3.63, 3.8) is 0 Å². The van der Waals surface area contributed by atoms with Gasteiger partial charge in [-0.3, -0.25) is 9.59 Å². The fraction of sp³-hybridized carbons (Fsp3) is 0.273. The summed E-state index contributed by atoms with van der Waals surface area (Å²) in [6.45, 7) is 3.48. The van der Waals surface area contributed by atoms with Gasteiger partial charge in [-0.1, -0.05) is 12.1 Å². The van der Waals surface area contributed by atoms with E-state index in [1.165, 1.54) is 13.3 Å². The summed E-state index contributed by atoms with van der Waals surface area (Å²) in [5.41, 5.74) is 3.17. The van der Waals surface area contributed by atoms with Gasteiger partial charge in [0.05, 0.1) is 25.3 Å². The minimum atomic E-state index is -0.116. The largest absolute Gasteiger partial charge is 0.496 e. The summed E-state index contributed by atoms with van der Waals surface area (Å²) >= 11 is 0. The molecule has 1 aromatic heterocycles. The van der Waals surface area contributed by atoms with Crippen LogP contribution in [0.5, 0.6) is 5.75 Å². The van der Waals surface area contributed by atoms with Crippen molar-refractivity contribution in [2.75, 3.05) is 14.2 Å². The van der Waals surface area contributed by atoms with Crippen molar-refractivity contribution in [3.8, 4) is 11.4 Å². The van der Waals surface area contributed by atoms with Crippen LogP contribution < -0.4 is 4.74 Å². The number of hydrogen-bond acceptors (Lipinski definition) is 5. The van der Waals surface area contributed by atoms with Crippen molar-refractivity contribution < 1.29 is 14.3 Å². The Morgan fingerprint density at radius 3 is 2.48 bits per heavy atom. The monoisotopic (exact) mass is 392 g/mol. The van der Waals surface area contributed by atoms with E-state index in [9.17, 15) is 9.59 Å². The Labute approximate surface area is 169 Å². The van der Waals surface area contributed by atoms with Crippen LogP contribution >= 0.6 is 0 Å². The molecule has 0 aliphatic heterocycles. The van der Waals surface area contributed by atoms with Gasteiger partial charge >= 0.3 is 0 Å². The lowest BCUT2D eigenvalue weighted by molar-refractivity contribution is -0.131. The minimum Gasteiger partial charge on any atom is -0.496 e. The molecular formula is C22H24N4O3. The summed E-state index contributed by atoms with van der Waals surface area (Å²) < 4.78 is 7.04. The van der Waals surface area contributed by atoms with Crippen molar-refractivity contribution in [2.24, 2.45) is 0 Å². The van der Waals surface area contributed by atoms with Crippen LogP contribution in [0.25, 0.3) is 5.69 Å². The van der Waals surface area contributed by atoms with Gasteiger partial charge in [-0.2, -0.15) is 5.10 Å². The maximum Gasteiger partial charge on any atom is 0.227 e. The number of likely N-dealkylation sites (N-methyl/N-ethyl adjacent to an activating group) is 1. The number of Topliss-reactive ketones (excluding diaryl/α,β-unsaturated/α-hetero) is 1. The smallest absolute Gasteiger partial charge is 0.227 e. The highest BCUT2D eigenvalue weighted by Crippen LogP contribution is 2.24. The number of benzene rings is 2. The Morgan fingerprint density at radius 2 is 1.90 bits per heavy atom. The van der Waals surface area contributed by atoms with E-state index >= 15 is 0 Å². The van der Waals surface area contributed by atoms with Crippen molar-refractivity contribution in [2.45, 2.75) is 26.3 Å². The van der Waals surface area contributed by atoms with E-state index in [-0.39, 0.29) is 24.2 Å². The fourth-order valence-corrected chi connectivity index (χ4v) is 3.11. The molecule has 2 aromatic carbocycles. The molecule has 0 unspecified atom stereocenters. The molecule has 7 nitrogen and oxygen atoms in total. The SMILES string of the molecule is COc1ccc(C(C)=O)cc1CC(=O)N(C)[C@@H](C)c1ccc(-n2cncn2)cc1. The number of aromatic nitrogens is 3. The lowest BCUT2D eigenvalue weighted by Crippen LogP contribution is -2.31. The lowest BCUT2D eigenvalue weighted by atomic mass is 10.0. The second-order valence-electron chi connectivity index (χ2n) is 6.87. The molecule has 0 aliphatic carbocycles. The third kappa shape index (κ3) is 4.51. The predicted octanol–water partition coefficient (Wildman–Crippen LogP) is 3.24. The first-order valence-corrected chi connectivity index (χ1v) is 9.29. The van der Waals surface area contributed by atoms with E-state index in [0.717, 1.165) is 11.3 Å². The van der Waals surface area contributed by atoms with Gasteiger partial charge in [-0.05, 0) is 49.7 Å². The first-order chi connectivity index (χ1) is 13.9. The summed E-state index contributed by atoms with van der Waals surface area (Å²) in [5, 5.41) is 4.11. The number of rotatable bonds is 7. The Hall–Kier alpha value is -3.48. The van der Waals surface area contributed by atoms with Gasteiger partial charge in [0.25, 0.3) is 0 Å². The van der Waals surface area contributed by atoms with Crippen molar-refractivity contribution >= 4 is 11.7 Å². The molecule has 0 bridgehead atoms. The van der Waals surface area contributed by atoms with Crippen molar-refractivity contribution in [1.82, 2.24) is 19.7 Å².